The topological polar surface area (TPSA) is 22.1 Å². The first-order valence-corrected chi connectivity index (χ1v) is 6.04. The van der Waals surface area contributed by atoms with Crippen LogP contribution in [0.4, 0.5) is 0 Å². The summed E-state index contributed by atoms with van der Waals surface area (Å²) in [6, 6.07) is 11.2. The molecule has 1 heterocycles. The Morgan fingerprint density at radius 3 is 2.47 bits per heavy atom. The van der Waals surface area contributed by atoms with Crippen LogP contribution in [0.3, 0.4) is 0 Å². The summed E-state index contributed by atoms with van der Waals surface area (Å²) < 4.78 is 5.60. The Kier molecular flexibility index (Phi) is 3.99. The van der Waals surface area contributed by atoms with Crippen LogP contribution in [0, 0.1) is 0 Å². The van der Waals surface area contributed by atoms with E-state index < -0.39 is 0 Å². The van der Waals surface area contributed by atoms with Crippen molar-refractivity contribution < 1.29 is 4.74 Å². The van der Waals surface area contributed by atoms with Gasteiger partial charge in [-0.3, -0.25) is 0 Å². The van der Waals surface area contributed by atoms with Crippen molar-refractivity contribution in [3.63, 3.8) is 0 Å². The van der Waals surface area contributed by atoms with Gasteiger partial charge in [0.25, 0.3) is 0 Å². The van der Waals surface area contributed by atoms with E-state index in [1.165, 1.54) is 5.56 Å². The van der Waals surface area contributed by atoms with Gasteiger partial charge in [-0.15, -0.1) is 0 Å². The monoisotopic (exact) mass is 247 g/mol. The largest absolute Gasteiger partial charge is 0.439 e. The van der Waals surface area contributed by atoms with Crippen LogP contribution in [0.15, 0.2) is 42.6 Å². The van der Waals surface area contributed by atoms with Gasteiger partial charge in [0.15, 0.2) is 0 Å². The maximum absolute atomic E-state index is 5.80. The van der Waals surface area contributed by atoms with Gasteiger partial charge >= 0.3 is 0 Å². The fraction of sp³-hybridized carbons (Fsp3) is 0.214. The van der Waals surface area contributed by atoms with E-state index in [1.807, 2.05) is 30.5 Å². The zero-order valence-electron chi connectivity index (χ0n) is 9.69. The Bertz CT molecular complexity index is 465. The third-order valence-electron chi connectivity index (χ3n) is 2.37. The fourth-order valence-electron chi connectivity index (χ4n) is 1.53. The molecule has 1 aromatic carbocycles. The van der Waals surface area contributed by atoms with Gasteiger partial charge < -0.3 is 4.74 Å². The van der Waals surface area contributed by atoms with E-state index in [0.717, 1.165) is 18.6 Å². The molecule has 0 fully saturated rings. The van der Waals surface area contributed by atoms with Crippen molar-refractivity contribution in [3.05, 3.63) is 53.2 Å². The molecule has 17 heavy (non-hydrogen) atoms. The zero-order chi connectivity index (χ0) is 12.1. The molecule has 2 rings (SSSR count). The summed E-state index contributed by atoms with van der Waals surface area (Å²) in [4.78, 5) is 4.26. The number of aryl methyl sites for hydroxylation is 1. The van der Waals surface area contributed by atoms with Crippen molar-refractivity contribution in [3.8, 4) is 11.6 Å². The molecule has 0 unspecified atom stereocenters. The molecule has 0 aliphatic heterocycles. The first kappa shape index (κ1) is 11.9. The van der Waals surface area contributed by atoms with Crippen molar-refractivity contribution >= 4 is 11.6 Å². The summed E-state index contributed by atoms with van der Waals surface area (Å²) in [6.45, 7) is 2.15. The molecule has 0 radical (unpaired) electrons. The van der Waals surface area contributed by atoms with Crippen molar-refractivity contribution in [1.82, 2.24) is 4.98 Å². The molecule has 88 valence electrons. The van der Waals surface area contributed by atoms with E-state index in [2.05, 4.69) is 11.9 Å². The molecule has 0 atom stereocenters. The number of benzene rings is 1. The average Bonchev–Trinajstić information content (AvgIpc) is 2.35. The molecule has 2 nitrogen and oxygen atoms in total. The number of rotatable bonds is 4. The highest BCUT2D eigenvalue weighted by atomic mass is 35.5. The predicted octanol–water partition coefficient (Wildman–Crippen LogP) is 4.48. The smallest absolute Gasteiger partial charge is 0.219 e. The lowest BCUT2D eigenvalue weighted by Crippen LogP contribution is -1.89. The molecule has 0 aliphatic carbocycles. The molecule has 3 heteroatoms. The number of nitrogens with zero attached hydrogens (tertiary/aromatic N) is 1. The summed E-state index contributed by atoms with van der Waals surface area (Å²) in [5.74, 6) is 1.34. The second-order valence-corrected chi connectivity index (χ2v) is 4.25. The third kappa shape index (κ3) is 3.46. The van der Waals surface area contributed by atoms with Gasteiger partial charge in [0, 0.05) is 17.3 Å². The lowest BCUT2D eigenvalue weighted by atomic mass is 10.2. The van der Waals surface area contributed by atoms with Crippen molar-refractivity contribution in [2.75, 3.05) is 0 Å². The van der Waals surface area contributed by atoms with Crippen LogP contribution in [0.25, 0.3) is 0 Å². The Morgan fingerprint density at radius 1 is 1.12 bits per heavy atom. The Hall–Kier alpha value is -1.54. The van der Waals surface area contributed by atoms with Gasteiger partial charge in [-0.05, 0) is 36.2 Å². The Morgan fingerprint density at radius 2 is 1.88 bits per heavy atom. The minimum atomic E-state index is 0.604. The highest BCUT2D eigenvalue weighted by Crippen LogP contribution is 2.21. The van der Waals surface area contributed by atoms with Crippen LogP contribution in [0.5, 0.6) is 11.6 Å². The summed E-state index contributed by atoms with van der Waals surface area (Å²) in [5, 5.41) is 0.698. The second kappa shape index (κ2) is 5.69. The molecule has 2 aromatic rings. The number of aromatic nitrogens is 1. The molecule has 0 N–H and O–H groups in total. The van der Waals surface area contributed by atoms with E-state index in [0.29, 0.717) is 10.9 Å². The van der Waals surface area contributed by atoms with Crippen LogP contribution in [-0.4, -0.2) is 4.98 Å². The van der Waals surface area contributed by atoms with E-state index in [-0.39, 0.29) is 0 Å². The SMILES string of the molecule is CCCc1ccc(Oc2ccc(Cl)cc2)nc1. The molecule has 0 amide bonds. The maximum atomic E-state index is 5.80. The van der Waals surface area contributed by atoms with Crippen molar-refractivity contribution in [2.24, 2.45) is 0 Å². The van der Waals surface area contributed by atoms with Crippen molar-refractivity contribution in [1.29, 1.82) is 0 Å². The number of ether oxygens (including phenoxy) is 1. The quantitative estimate of drug-likeness (QED) is 0.795. The van der Waals surface area contributed by atoms with E-state index in [4.69, 9.17) is 16.3 Å². The fourth-order valence-corrected chi connectivity index (χ4v) is 1.66. The summed E-state index contributed by atoms with van der Waals surface area (Å²) in [5.41, 5.74) is 1.23. The first-order chi connectivity index (χ1) is 8.28. The number of pyridine rings is 1. The van der Waals surface area contributed by atoms with E-state index in [9.17, 15) is 0 Å². The van der Waals surface area contributed by atoms with Gasteiger partial charge in [-0.1, -0.05) is 31.0 Å². The van der Waals surface area contributed by atoms with Crippen molar-refractivity contribution in [2.45, 2.75) is 19.8 Å². The zero-order valence-corrected chi connectivity index (χ0v) is 10.4. The standard InChI is InChI=1S/C14H14ClNO/c1-2-3-11-4-9-14(16-10-11)17-13-7-5-12(15)6-8-13/h4-10H,2-3H2,1H3. The van der Waals surface area contributed by atoms with Crippen LogP contribution in [-0.2, 0) is 6.42 Å². The Balaban J connectivity index is 2.05. The normalized spacial score (nSPS) is 10.2. The lowest BCUT2D eigenvalue weighted by Gasteiger charge is -2.05. The maximum Gasteiger partial charge on any atom is 0.219 e. The molecule has 0 bridgehead atoms. The van der Waals surface area contributed by atoms with Crippen LogP contribution >= 0.6 is 11.6 Å². The molecular formula is C14H14ClNO. The predicted molar refractivity (Wildman–Crippen MR) is 69.8 cm³/mol. The average molecular weight is 248 g/mol. The number of hydrogen-bond donors (Lipinski definition) is 0. The molecule has 0 saturated heterocycles. The third-order valence-corrected chi connectivity index (χ3v) is 2.62. The van der Waals surface area contributed by atoms with Crippen LogP contribution < -0.4 is 4.74 Å². The van der Waals surface area contributed by atoms with Gasteiger partial charge in [0.1, 0.15) is 5.75 Å². The molecular weight excluding hydrogens is 234 g/mol. The summed E-state index contributed by atoms with van der Waals surface area (Å²) in [6.07, 6.45) is 4.03. The lowest BCUT2D eigenvalue weighted by molar-refractivity contribution is 0.462. The Labute approximate surface area is 106 Å². The number of hydrogen-bond acceptors (Lipinski definition) is 2. The van der Waals surface area contributed by atoms with Gasteiger partial charge in [0.05, 0.1) is 0 Å². The molecule has 0 spiro atoms. The second-order valence-electron chi connectivity index (χ2n) is 3.81. The van der Waals surface area contributed by atoms with Gasteiger partial charge in [-0.25, -0.2) is 4.98 Å². The first-order valence-electron chi connectivity index (χ1n) is 5.66. The minimum Gasteiger partial charge on any atom is -0.439 e. The minimum absolute atomic E-state index is 0.604. The van der Waals surface area contributed by atoms with E-state index in [1.54, 1.807) is 12.1 Å². The highest BCUT2D eigenvalue weighted by Gasteiger charge is 1.99. The molecule has 0 saturated carbocycles. The van der Waals surface area contributed by atoms with Crippen LogP contribution in [0.1, 0.15) is 18.9 Å². The summed E-state index contributed by atoms with van der Waals surface area (Å²) >= 11 is 5.80. The van der Waals surface area contributed by atoms with Crippen LogP contribution in [0.2, 0.25) is 5.02 Å². The number of halogens is 1. The summed E-state index contributed by atoms with van der Waals surface area (Å²) in [7, 11) is 0. The molecule has 1 aromatic heterocycles. The highest BCUT2D eigenvalue weighted by molar-refractivity contribution is 6.30. The van der Waals surface area contributed by atoms with Gasteiger partial charge in [0.2, 0.25) is 5.88 Å². The molecule has 0 aliphatic rings. The van der Waals surface area contributed by atoms with E-state index >= 15 is 0 Å². The van der Waals surface area contributed by atoms with Gasteiger partial charge in [-0.2, -0.15) is 0 Å².